The Morgan fingerprint density at radius 3 is 2.76 bits per heavy atom. The maximum Gasteiger partial charge on any atom is 0.338 e. The minimum Gasteiger partial charge on any atom is -0.478 e. The number of amides is 1. The number of carboxylic acids is 1. The summed E-state index contributed by atoms with van der Waals surface area (Å²) < 4.78 is 10.4. The average Bonchev–Trinajstić information content (AvgIpc) is 2.94. The number of hydrogen-bond donors (Lipinski definition) is 2. The molecule has 0 aliphatic carbocycles. The lowest BCUT2D eigenvalue weighted by Crippen LogP contribution is -2.16. The molecule has 1 aromatic carbocycles. The molecule has 0 atom stereocenters. The van der Waals surface area contributed by atoms with Gasteiger partial charge in [0.25, 0.3) is 5.91 Å². The van der Waals surface area contributed by atoms with Crippen LogP contribution in [0.5, 0.6) is 11.5 Å². The van der Waals surface area contributed by atoms with E-state index >= 15 is 0 Å². The van der Waals surface area contributed by atoms with Gasteiger partial charge in [-0.1, -0.05) is 0 Å². The van der Waals surface area contributed by atoms with Crippen LogP contribution >= 0.6 is 0 Å². The Kier molecular flexibility index (Phi) is 3.15. The van der Waals surface area contributed by atoms with Gasteiger partial charge in [-0.05, 0) is 18.2 Å². The van der Waals surface area contributed by atoms with Crippen LogP contribution in [0.25, 0.3) is 0 Å². The van der Waals surface area contributed by atoms with Gasteiger partial charge in [0.2, 0.25) is 6.79 Å². The molecule has 3 rings (SSSR count). The molecule has 7 nitrogen and oxygen atoms in total. The Balaban J connectivity index is 1.85. The Morgan fingerprint density at radius 1 is 1.14 bits per heavy atom. The quantitative estimate of drug-likeness (QED) is 0.892. The van der Waals surface area contributed by atoms with Crippen molar-refractivity contribution in [3.8, 4) is 11.5 Å². The summed E-state index contributed by atoms with van der Waals surface area (Å²) in [5.41, 5.74) is 0.364. The number of anilines is 1. The van der Waals surface area contributed by atoms with Gasteiger partial charge in [-0.15, -0.1) is 0 Å². The van der Waals surface area contributed by atoms with Crippen LogP contribution in [0, 0.1) is 0 Å². The molecular formula is C14H10N2O5. The third-order valence-corrected chi connectivity index (χ3v) is 2.93. The van der Waals surface area contributed by atoms with Gasteiger partial charge in [-0.3, -0.25) is 9.78 Å². The molecule has 0 spiro atoms. The van der Waals surface area contributed by atoms with Crippen molar-refractivity contribution in [2.24, 2.45) is 0 Å². The maximum atomic E-state index is 12.2. The molecule has 1 aliphatic heterocycles. The zero-order chi connectivity index (χ0) is 14.8. The number of hydrogen-bond acceptors (Lipinski definition) is 5. The summed E-state index contributed by atoms with van der Waals surface area (Å²) in [7, 11) is 0. The second-order valence-corrected chi connectivity index (χ2v) is 4.25. The third-order valence-electron chi connectivity index (χ3n) is 2.93. The Hall–Kier alpha value is -3.09. The van der Waals surface area contributed by atoms with Gasteiger partial charge in [0.15, 0.2) is 11.5 Å². The molecule has 21 heavy (non-hydrogen) atoms. The highest BCUT2D eigenvalue weighted by Crippen LogP contribution is 2.34. The summed E-state index contributed by atoms with van der Waals surface area (Å²) in [6, 6.07) is 6.28. The number of pyridine rings is 1. The number of carbonyl (C=O) groups is 2. The largest absolute Gasteiger partial charge is 0.478 e. The molecule has 0 bridgehead atoms. The molecule has 1 amide bonds. The van der Waals surface area contributed by atoms with E-state index in [9.17, 15) is 9.59 Å². The minimum absolute atomic E-state index is 0.0372. The Bertz CT molecular complexity index is 729. The van der Waals surface area contributed by atoms with Crippen LogP contribution in [-0.4, -0.2) is 28.8 Å². The molecule has 0 fully saturated rings. The van der Waals surface area contributed by atoms with E-state index in [4.69, 9.17) is 14.6 Å². The number of carboxylic acid groups (broad SMARTS) is 1. The number of rotatable bonds is 3. The molecule has 1 aliphatic rings. The van der Waals surface area contributed by atoms with Gasteiger partial charge in [0, 0.05) is 24.1 Å². The Morgan fingerprint density at radius 2 is 1.95 bits per heavy atom. The van der Waals surface area contributed by atoms with Crippen LogP contribution in [0.1, 0.15) is 20.7 Å². The van der Waals surface area contributed by atoms with Crippen LogP contribution < -0.4 is 14.8 Å². The summed E-state index contributed by atoms with van der Waals surface area (Å²) in [6.45, 7) is 0.139. The highest BCUT2D eigenvalue weighted by Gasteiger charge is 2.18. The average molecular weight is 286 g/mol. The number of aromatic nitrogens is 1. The van der Waals surface area contributed by atoms with Crippen molar-refractivity contribution in [1.82, 2.24) is 4.98 Å². The van der Waals surface area contributed by atoms with Crippen molar-refractivity contribution >= 4 is 17.6 Å². The number of carbonyl (C=O) groups excluding carboxylic acids is 1. The number of nitrogens with zero attached hydrogens (tertiary/aromatic N) is 1. The minimum atomic E-state index is -1.21. The standard InChI is InChI=1S/C14H10N2O5/c17-13(9-3-4-15-6-10(9)14(18)19)16-8-1-2-11-12(5-8)21-7-20-11/h1-6H,7H2,(H,16,17)(H,18,19). The van der Waals surface area contributed by atoms with E-state index < -0.39 is 11.9 Å². The molecule has 0 radical (unpaired) electrons. The van der Waals surface area contributed by atoms with Crippen molar-refractivity contribution in [2.45, 2.75) is 0 Å². The fraction of sp³-hybridized carbons (Fsp3) is 0.0714. The van der Waals surface area contributed by atoms with E-state index in [0.29, 0.717) is 17.2 Å². The van der Waals surface area contributed by atoms with E-state index in [0.717, 1.165) is 6.20 Å². The number of aromatic carboxylic acids is 1. The van der Waals surface area contributed by atoms with Crippen molar-refractivity contribution in [3.05, 3.63) is 47.8 Å². The van der Waals surface area contributed by atoms with Gasteiger partial charge in [0.1, 0.15) is 0 Å². The fourth-order valence-corrected chi connectivity index (χ4v) is 1.94. The number of ether oxygens (including phenoxy) is 2. The number of benzene rings is 1. The molecule has 0 unspecified atom stereocenters. The number of nitrogens with one attached hydrogen (secondary N) is 1. The normalized spacial score (nSPS) is 12.0. The van der Waals surface area contributed by atoms with Crippen molar-refractivity contribution in [3.63, 3.8) is 0 Å². The summed E-state index contributed by atoms with van der Waals surface area (Å²) in [4.78, 5) is 26.9. The van der Waals surface area contributed by atoms with Crippen LogP contribution in [0.3, 0.4) is 0 Å². The van der Waals surface area contributed by atoms with Crippen molar-refractivity contribution in [1.29, 1.82) is 0 Å². The molecule has 2 aromatic rings. The van der Waals surface area contributed by atoms with E-state index in [-0.39, 0.29) is 17.9 Å². The van der Waals surface area contributed by atoms with Crippen molar-refractivity contribution in [2.75, 3.05) is 12.1 Å². The second-order valence-electron chi connectivity index (χ2n) is 4.25. The molecule has 0 saturated carbocycles. The molecule has 1 aromatic heterocycles. The zero-order valence-electron chi connectivity index (χ0n) is 10.7. The lowest BCUT2D eigenvalue weighted by atomic mass is 10.1. The summed E-state index contributed by atoms with van der Waals surface area (Å²) in [5, 5.41) is 11.7. The van der Waals surface area contributed by atoms with Crippen LogP contribution in [-0.2, 0) is 0 Å². The van der Waals surface area contributed by atoms with Crippen molar-refractivity contribution < 1.29 is 24.2 Å². The van der Waals surface area contributed by atoms with Gasteiger partial charge in [0.05, 0.1) is 11.1 Å². The van der Waals surface area contributed by atoms with E-state index in [2.05, 4.69) is 10.3 Å². The number of fused-ring (bicyclic) bond motifs is 1. The second kappa shape index (κ2) is 5.12. The first kappa shape index (κ1) is 12.9. The highest BCUT2D eigenvalue weighted by atomic mass is 16.7. The molecule has 2 heterocycles. The smallest absolute Gasteiger partial charge is 0.338 e. The first-order valence-electron chi connectivity index (χ1n) is 6.03. The summed E-state index contributed by atoms with van der Waals surface area (Å²) >= 11 is 0. The lowest BCUT2D eigenvalue weighted by Gasteiger charge is -2.08. The third kappa shape index (κ3) is 2.48. The molecule has 0 saturated heterocycles. The fourth-order valence-electron chi connectivity index (χ4n) is 1.94. The van der Waals surface area contributed by atoms with Gasteiger partial charge in [-0.25, -0.2) is 4.79 Å². The van der Waals surface area contributed by atoms with Crippen LogP contribution in [0.4, 0.5) is 5.69 Å². The van der Waals surface area contributed by atoms with Gasteiger partial charge >= 0.3 is 5.97 Å². The predicted octanol–water partition coefficient (Wildman–Crippen LogP) is 1.76. The topological polar surface area (TPSA) is 97.8 Å². The van der Waals surface area contributed by atoms with E-state index in [1.807, 2.05) is 0 Å². The van der Waals surface area contributed by atoms with E-state index in [1.165, 1.54) is 12.3 Å². The summed E-state index contributed by atoms with van der Waals surface area (Å²) in [6.07, 6.45) is 2.50. The van der Waals surface area contributed by atoms with E-state index in [1.54, 1.807) is 18.2 Å². The molecule has 7 heteroatoms. The molecule has 106 valence electrons. The summed E-state index contributed by atoms with van der Waals surface area (Å²) in [5.74, 6) is -0.614. The van der Waals surface area contributed by atoms with Gasteiger partial charge < -0.3 is 19.9 Å². The monoisotopic (exact) mass is 286 g/mol. The first-order valence-corrected chi connectivity index (χ1v) is 6.03. The zero-order valence-corrected chi connectivity index (χ0v) is 10.7. The predicted molar refractivity (Wildman–Crippen MR) is 71.7 cm³/mol. The van der Waals surface area contributed by atoms with Crippen LogP contribution in [0.15, 0.2) is 36.7 Å². The molecular weight excluding hydrogens is 276 g/mol. The molecule has 2 N–H and O–H groups in total. The van der Waals surface area contributed by atoms with Gasteiger partial charge in [-0.2, -0.15) is 0 Å². The first-order chi connectivity index (χ1) is 10.1. The SMILES string of the molecule is O=C(O)c1cnccc1C(=O)Nc1ccc2c(c1)OCO2. The van der Waals surface area contributed by atoms with Crippen LogP contribution in [0.2, 0.25) is 0 Å². The lowest BCUT2D eigenvalue weighted by molar-refractivity contribution is 0.0692. The maximum absolute atomic E-state index is 12.2. The Labute approximate surface area is 119 Å². The highest BCUT2D eigenvalue weighted by molar-refractivity contribution is 6.10.